The van der Waals surface area contributed by atoms with E-state index in [4.69, 9.17) is 0 Å². The maximum Gasteiger partial charge on any atom is 0.239 e. The van der Waals surface area contributed by atoms with Crippen LogP contribution in [0.3, 0.4) is 0 Å². The van der Waals surface area contributed by atoms with Gasteiger partial charge in [-0.25, -0.2) is 0 Å². The molecule has 0 fully saturated rings. The molecule has 0 heterocycles. The molecular weight excluding hydrogens is 248 g/mol. The van der Waals surface area contributed by atoms with Gasteiger partial charge in [0.25, 0.3) is 0 Å². The largest absolute Gasteiger partial charge is 0.376 e. The lowest BCUT2D eigenvalue weighted by Crippen LogP contribution is -2.32. The number of aryl methyl sites for hydroxylation is 1. The Bertz CT molecular complexity index is 566. The SMILES string of the molecule is Cc1ccccc1[C@@H](C)NC(=O)CNc1ccccc1. The Balaban J connectivity index is 1.87. The van der Waals surface area contributed by atoms with Gasteiger partial charge >= 0.3 is 0 Å². The highest BCUT2D eigenvalue weighted by atomic mass is 16.1. The van der Waals surface area contributed by atoms with Crippen LogP contribution in [-0.4, -0.2) is 12.5 Å². The third-order valence-electron chi connectivity index (χ3n) is 3.26. The number of hydrogen-bond acceptors (Lipinski definition) is 2. The second-order valence-electron chi connectivity index (χ2n) is 4.87. The zero-order valence-corrected chi connectivity index (χ0v) is 11.9. The molecule has 0 spiro atoms. The Labute approximate surface area is 120 Å². The Hall–Kier alpha value is -2.29. The molecule has 0 aliphatic heterocycles. The van der Waals surface area contributed by atoms with Crippen LogP contribution < -0.4 is 10.6 Å². The molecular formula is C17H20N2O. The molecule has 0 aromatic heterocycles. The van der Waals surface area contributed by atoms with E-state index in [0.29, 0.717) is 0 Å². The van der Waals surface area contributed by atoms with Crippen molar-refractivity contribution >= 4 is 11.6 Å². The summed E-state index contributed by atoms with van der Waals surface area (Å²) in [6, 6.07) is 17.8. The second kappa shape index (κ2) is 6.75. The van der Waals surface area contributed by atoms with Crippen molar-refractivity contribution in [1.82, 2.24) is 5.32 Å². The van der Waals surface area contributed by atoms with Crippen molar-refractivity contribution in [1.29, 1.82) is 0 Å². The van der Waals surface area contributed by atoms with Gasteiger partial charge in [-0.2, -0.15) is 0 Å². The first kappa shape index (κ1) is 14.1. The van der Waals surface area contributed by atoms with Gasteiger partial charge in [0.05, 0.1) is 12.6 Å². The Kier molecular flexibility index (Phi) is 4.77. The fraction of sp³-hybridized carbons (Fsp3) is 0.235. The molecule has 1 atom stereocenters. The van der Waals surface area contributed by atoms with Crippen LogP contribution in [0.25, 0.3) is 0 Å². The summed E-state index contributed by atoms with van der Waals surface area (Å²) >= 11 is 0. The predicted molar refractivity (Wildman–Crippen MR) is 82.7 cm³/mol. The van der Waals surface area contributed by atoms with Gasteiger partial charge in [-0.3, -0.25) is 4.79 Å². The Morgan fingerprint density at radius 1 is 1.05 bits per heavy atom. The Morgan fingerprint density at radius 3 is 2.40 bits per heavy atom. The monoisotopic (exact) mass is 268 g/mol. The van der Waals surface area contributed by atoms with Gasteiger partial charge < -0.3 is 10.6 Å². The molecule has 2 rings (SSSR count). The van der Waals surface area contributed by atoms with E-state index in [1.807, 2.05) is 55.5 Å². The van der Waals surface area contributed by atoms with Gasteiger partial charge in [0.2, 0.25) is 5.91 Å². The van der Waals surface area contributed by atoms with Crippen LogP contribution in [0.4, 0.5) is 5.69 Å². The number of carbonyl (C=O) groups excluding carboxylic acids is 1. The van der Waals surface area contributed by atoms with Crippen molar-refractivity contribution < 1.29 is 4.79 Å². The molecule has 104 valence electrons. The number of anilines is 1. The predicted octanol–water partition coefficient (Wildman–Crippen LogP) is 3.28. The van der Waals surface area contributed by atoms with Crippen LogP contribution in [0, 0.1) is 6.92 Å². The standard InChI is InChI=1S/C17H20N2O/c1-13-8-6-7-11-16(13)14(2)19-17(20)12-18-15-9-4-3-5-10-15/h3-11,14,18H,12H2,1-2H3,(H,19,20)/t14-/m1/s1. The lowest BCUT2D eigenvalue weighted by molar-refractivity contribution is -0.120. The number of para-hydroxylation sites is 1. The molecule has 2 aromatic rings. The van der Waals surface area contributed by atoms with Crippen LogP contribution >= 0.6 is 0 Å². The third kappa shape index (κ3) is 3.85. The van der Waals surface area contributed by atoms with E-state index in [9.17, 15) is 4.79 Å². The Morgan fingerprint density at radius 2 is 1.70 bits per heavy atom. The highest BCUT2D eigenvalue weighted by Gasteiger charge is 2.10. The first-order valence-electron chi connectivity index (χ1n) is 6.80. The maximum atomic E-state index is 11.9. The number of carbonyl (C=O) groups is 1. The van der Waals surface area contributed by atoms with Gasteiger partial charge in [0.15, 0.2) is 0 Å². The minimum absolute atomic E-state index is 0.00962. The van der Waals surface area contributed by atoms with Crippen molar-refractivity contribution in [2.24, 2.45) is 0 Å². The van der Waals surface area contributed by atoms with Crippen LogP contribution in [0.1, 0.15) is 24.1 Å². The van der Waals surface area contributed by atoms with E-state index >= 15 is 0 Å². The molecule has 0 radical (unpaired) electrons. The molecule has 0 aliphatic carbocycles. The van der Waals surface area contributed by atoms with Gasteiger partial charge in [-0.05, 0) is 37.1 Å². The summed E-state index contributed by atoms with van der Waals surface area (Å²) in [5.74, 6) is -0.00962. The minimum atomic E-state index is -0.00962. The lowest BCUT2D eigenvalue weighted by Gasteiger charge is -2.17. The first-order valence-corrected chi connectivity index (χ1v) is 6.80. The molecule has 0 saturated heterocycles. The summed E-state index contributed by atoms with van der Waals surface area (Å²) in [7, 11) is 0. The van der Waals surface area contributed by atoms with Gasteiger partial charge in [-0.15, -0.1) is 0 Å². The average Bonchev–Trinajstić information content (AvgIpc) is 2.46. The highest BCUT2D eigenvalue weighted by Crippen LogP contribution is 2.16. The van der Waals surface area contributed by atoms with E-state index in [1.165, 1.54) is 5.56 Å². The fourth-order valence-corrected chi connectivity index (χ4v) is 2.18. The average molecular weight is 268 g/mol. The molecule has 2 N–H and O–H groups in total. The maximum absolute atomic E-state index is 11.9. The van der Waals surface area contributed by atoms with Gasteiger partial charge in [-0.1, -0.05) is 42.5 Å². The van der Waals surface area contributed by atoms with Crippen LogP contribution in [0.5, 0.6) is 0 Å². The number of amides is 1. The van der Waals surface area contributed by atoms with Crippen molar-refractivity contribution in [3.05, 3.63) is 65.7 Å². The van der Waals surface area contributed by atoms with E-state index in [1.54, 1.807) is 0 Å². The summed E-state index contributed by atoms with van der Waals surface area (Å²) in [6.07, 6.45) is 0. The minimum Gasteiger partial charge on any atom is -0.376 e. The quantitative estimate of drug-likeness (QED) is 0.873. The summed E-state index contributed by atoms with van der Waals surface area (Å²) in [6.45, 7) is 4.34. The number of benzene rings is 2. The summed E-state index contributed by atoms with van der Waals surface area (Å²) in [5.41, 5.74) is 3.29. The summed E-state index contributed by atoms with van der Waals surface area (Å²) in [4.78, 5) is 11.9. The first-order chi connectivity index (χ1) is 9.66. The highest BCUT2D eigenvalue weighted by molar-refractivity contribution is 5.81. The van der Waals surface area contributed by atoms with Crippen LogP contribution in [0.15, 0.2) is 54.6 Å². The zero-order chi connectivity index (χ0) is 14.4. The van der Waals surface area contributed by atoms with Crippen molar-refractivity contribution in [3.63, 3.8) is 0 Å². The number of hydrogen-bond donors (Lipinski definition) is 2. The molecule has 0 unspecified atom stereocenters. The van der Waals surface area contributed by atoms with E-state index < -0.39 is 0 Å². The molecule has 3 nitrogen and oxygen atoms in total. The van der Waals surface area contributed by atoms with Crippen LogP contribution in [-0.2, 0) is 4.79 Å². The lowest BCUT2D eigenvalue weighted by atomic mass is 10.0. The van der Waals surface area contributed by atoms with E-state index in [0.717, 1.165) is 11.3 Å². The molecule has 0 saturated carbocycles. The second-order valence-corrected chi connectivity index (χ2v) is 4.87. The smallest absolute Gasteiger partial charge is 0.239 e. The normalized spacial score (nSPS) is 11.7. The van der Waals surface area contributed by atoms with E-state index in [2.05, 4.69) is 23.6 Å². The fourth-order valence-electron chi connectivity index (χ4n) is 2.18. The molecule has 0 bridgehead atoms. The number of nitrogens with one attached hydrogen (secondary N) is 2. The molecule has 2 aromatic carbocycles. The molecule has 1 amide bonds. The molecule has 20 heavy (non-hydrogen) atoms. The molecule has 3 heteroatoms. The molecule has 0 aliphatic rings. The summed E-state index contributed by atoms with van der Waals surface area (Å²) < 4.78 is 0. The number of rotatable bonds is 5. The third-order valence-corrected chi connectivity index (χ3v) is 3.26. The zero-order valence-electron chi connectivity index (χ0n) is 11.9. The summed E-state index contributed by atoms with van der Waals surface area (Å²) in [5, 5.41) is 6.11. The van der Waals surface area contributed by atoms with Crippen molar-refractivity contribution in [2.45, 2.75) is 19.9 Å². The van der Waals surface area contributed by atoms with E-state index in [-0.39, 0.29) is 18.5 Å². The topological polar surface area (TPSA) is 41.1 Å². The van der Waals surface area contributed by atoms with Crippen LogP contribution in [0.2, 0.25) is 0 Å². The van der Waals surface area contributed by atoms with Gasteiger partial charge in [0.1, 0.15) is 0 Å². The van der Waals surface area contributed by atoms with Crippen molar-refractivity contribution in [2.75, 3.05) is 11.9 Å². The van der Waals surface area contributed by atoms with Gasteiger partial charge in [0, 0.05) is 5.69 Å². The van der Waals surface area contributed by atoms with Crippen molar-refractivity contribution in [3.8, 4) is 0 Å².